The van der Waals surface area contributed by atoms with Crippen LogP contribution in [0.1, 0.15) is 53.5 Å². The quantitative estimate of drug-likeness (QED) is 0.829. The van der Waals surface area contributed by atoms with Gasteiger partial charge in [0.15, 0.2) is 0 Å². The van der Waals surface area contributed by atoms with E-state index in [0.717, 1.165) is 21.2 Å². The Hall–Kier alpha value is -1.12. The summed E-state index contributed by atoms with van der Waals surface area (Å²) in [5, 5.41) is 10.7. The molecule has 1 N–H and O–H groups in total. The molecule has 0 bridgehead atoms. The van der Waals surface area contributed by atoms with E-state index in [1.807, 2.05) is 31.2 Å². The molecule has 1 unspecified atom stereocenters. The lowest BCUT2D eigenvalue weighted by Gasteiger charge is -2.26. The zero-order valence-corrected chi connectivity index (χ0v) is 13.2. The summed E-state index contributed by atoms with van der Waals surface area (Å²) in [6.45, 7) is 2.04. The van der Waals surface area contributed by atoms with Gasteiger partial charge in [0.05, 0.1) is 0 Å². The Morgan fingerprint density at radius 1 is 1.15 bits per heavy atom. The first-order valence-corrected chi connectivity index (χ1v) is 7.98. The summed E-state index contributed by atoms with van der Waals surface area (Å²) in [7, 11) is 0. The van der Waals surface area contributed by atoms with Crippen molar-refractivity contribution in [1.82, 2.24) is 0 Å². The number of aliphatic hydroxyl groups excluding tert-OH is 1. The van der Waals surface area contributed by atoms with Crippen molar-refractivity contribution >= 4 is 15.9 Å². The van der Waals surface area contributed by atoms with Crippen molar-refractivity contribution < 1.29 is 5.11 Å². The van der Waals surface area contributed by atoms with E-state index < -0.39 is 6.10 Å². The zero-order chi connectivity index (χ0) is 14.1. The summed E-state index contributed by atoms with van der Waals surface area (Å²) in [6, 6.07) is 14.5. The minimum Gasteiger partial charge on any atom is -0.384 e. The average molecular weight is 331 g/mol. The Morgan fingerprint density at radius 2 is 1.95 bits per heavy atom. The fraction of sp³-hybridized carbons (Fsp3) is 0.333. The van der Waals surface area contributed by atoms with Crippen LogP contribution in [0.4, 0.5) is 0 Å². The molecule has 1 fully saturated rings. The van der Waals surface area contributed by atoms with E-state index in [0.29, 0.717) is 5.92 Å². The highest BCUT2D eigenvalue weighted by Gasteiger charge is 2.21. The molecule has 2 aromatic carbocycles. The molecule has 1 saturated carbocycles. The minimum atomic E-state index is -0.549. The molecule has 0 aromatic heterocycles. The van der Waals surface area contributed by atoms with E-state index in [-0.39, 0.29) is 0 Å². The molecule has 0 spiro atoms. The van der Waals surface area contributed by atoms with E-state index in [2.05, 4.69) is 34.1 Å². The van der Waals surface area contributed by atoms with Gasteiger partial charge in [-0.3, -0.25) is 0 Å². The summed E-state index contributed by atoms with van der Waals surface area (Å²) in [5.41, 5.74) is 4.47. The zero-order valence-electron chi connectivity index (χ0n) is 11.6. The van der Waals surface area contributed by atoms with Crippen LogP contribution in [0.15, 0.2) is 46.9 Å². The first kappa shape index (κ1) is 13.8. The third kappa shape index (κ3) is 2.68. The maximum absolute atomic E-state index is 10.7. The number of hydrogen-bond acceptors (Lipinski definition) is 1. The Labute approximate surface area is 128 Å². The van der Waals surface area contributed by atoms with Crippen LogP contribution < -0.4 is 0 Å². The van der Waals surface area contributed by atoms with Gasteiger partial charge >= 0.3 is 0 Å². The molecule has 0 aliphatic heterocycles. The second kappa shape index (κ2) is 5.71. The molecule has 0 amide bonds. The van der Waals surface area contributed by atoms with Gasteiger partial charge < -0.3 is 5.11 Å². The Bertz CT molecular complexity index is 617. The molecule has 1 aliphatic carbocycles. The Kier molecular flexibility index (Phi) is 3.95. The van der Waals surface area contributed by atoms with E-state index in [9.17, 15) is 5.11 Å². The van der Waals surface area contributed by atoms with Gasteiger partial charge in [0, 0.05) is 4.47 Å². The number of aliphatic hydroxyl groups is 1. The first-order valence-electron chi connectivity index (χ1n) is 7.19. The molecule has 1 atom stereocenters. The minimum absolute atomic E-state index is 0.549. The molecule has 0 heterocycles. The highest BCUT2D eigenvalue weighted by molar-refractivity contribution is 9.10. The summed E-state index contributed by atoms with van der Waals surface area (Å²) < 4.78 is 1.01. The number of aryl methyl sites for hydroxylation is 1. The van der Waals surface area contributed by atoms with Crippen molar-refractivity contribution in [2.75, 3.05) is 0 Å². The van der Waals surface area contributed by atoms with Gasteiger partial charge in [-0.05, 0) is 60.1 Å². The number of hydrogen-bond donors (Lipinski definition) is 1. The smallest absolute Gasteiger partial charge is 0.104 e. The number of benzene rings is 2. The summed E-state index contributed by atoms with van der Waals surface area (Å²) in [6.07, 6.45) is 3.36. The van der Waals surface area contributed by atoms with Crippen LogP contribution in [-0.2, 0) is 0 Å². The fourth-order valence-electron chi connectivity index (χ4n) is 2.81. The molecule has 2 aromatic rings. The van der Waals surface area contributed by atoms with Crippen LogP contribution in [0.3, 0.4) is 0 Å². The second-order valence-electron chi connectivity index (χ2n) is 5.70. The van der Waals surface area contributed by atoms with Gasteiger partial charge in [0.2, 0.25) is 0 Å². The van der Waals surface area contributed by atoms with Crippen molar-refractivity contribution in [3.8, 4) is 0 Å². The van der Waals surface area contributed by atoms with Gasteiger partial charge in [0.25, 0.3) is 0 Å². The lowest BCUT2D eigenvalue weighted by Crippen LogP contribution is -2.10. The van der Waals surface area contributed by atoms with Crippen LogP contribution >= 0.6 is 15.9 Å². The lowest BCUT2D eigenvalue weighted by atomic mass is 9.79. The van der Waals surface area contributed by atoms with Gasteiger partial charge in [-0.25, -0.2) is 0 Å². The van der Waals surface area contributed by atoms with Crippen LogP contribution in [0.25, 0.3) is 0 Å². The molecule has 20 heavy (non-hydrogen) atoms. The van der Waals surface area contributed by atoms with Crippen LogP contribution in [0.5, 0.6) is 0 Å². The van der Waals surface area contributed by atoms with E-state index in [4.69, 9.17) is 0 Å². The summed E-state index contributed by atoms with van der Waals surface area (Å²) in [5.74, 6) is 0.700. The van der Waals surface area contributed by atoms with Gasteiger partial charge in [-0.15, -0.1) is 0 Å². The van der Waals surface area contributed by atoms with Gasteiger partial charge in [-0.1, -0.05) is 52.7 Å². The van der Waals surface area contributed by atoms with Crippen molar-refractivity contribution in [1.29, 1.82) is 0 Å². The van der Waals surface area contributed by atoms with Crippen molar-refractivity contribution in [2.24, 2.45) is 0 Å². The Balaban J connectivity index is 1.93. The third-order valence-corrected chi connectivity index (χ3v) is 4.83. The molecular formula is C18H19BrO. The molecule has 0 saturated heterocycles. The SMILES string of the molecule is Cc1ccc(Br)cc1C(O)c1cccc(C2CCC2)c1. The molecule has 1 nitrogen and oxygen atoms in total. The monoisotopic (exact) mass is 330 g/mol. The highest BCUT2D eigenvalue weighted by atomic mass is 79.9. The van der Waals surface area contributed by atoms with E-state index in [1.165, 1.54) is 24.8 Å². The molecule has 0 radical (unpaired) electrons. The van der Waals surface area contributed by atoms with E-state index in [1.54, 1.807) is 0 Å². The molecular weight excluding hydrogens is 312 g/mol. The topological polar surface area (TPSA) is 20.2 Å². The standard InChI is InChI=1S/C18H19BrO/c1-12-8-9-16(19)11-17(12)18(20)15-7-3-6-14(10-15)13-4-2-5-13/h3,6-11,13,18,20H,2,4-5H2,1H3. The van der Waals surface area contributed by atoms with Crippen molar-refractivity contribution in [3.63, 3.8) is 0 Å². The van der Waals surface area contributed by atoms with Crippen molar-refractivity contribution in [3.05, 3.63) is 69.2 Å². The van der Waals surface area contributed by atoms with Crippen LogP contribution in [-0.4, -0.2) is 5.11 Å². The lowest BCUT2D eigenvalue weighted by molar-refractivity contribution is 0.219. The second-order valence-corrected chi connectivity index (χ2v) is 6.62. The molecule has 104 valence electrons. The normalized spacial score (nSPS) is 16.8. The predicted octanol–water partition coefficient (Wildman–Crippen LogP) is 5.11. The summed E-state index contributed by atoms with van der Waals surface area (Å²) >= 11 is 3.48. The molecule has 2 heteroatoms. The summed E-state index contributed by atoms with van der Waals surface area (Å²) in [4.78, 5) is 0. The fourth-order valence-corrected chi connectivity index (χ4v) is 3.19. The maximum atomic E-state index is 10.7. The molecule has 1 aliphatic rings. The average Bonchev–Trinajstić information content (AvgIpc) is 2.39. The Morgan fingerprint density at radius 3 is 2.65 bits per heavy atom. The van der Waals surface area contributed by atoms with Crippen LogP contribution in [0, 0.1) is 6.92 Å². The van der Waals surface area contributed by atoms with Crippen LogP contribution in [0.2, 0.25) is 0 Å². The molecule has 3 rings (SSSR count). The van der Waals surface area contributed by atoms with Gasteiger partial charge in [0.1, 0.15) is 6.10 Å². The van der Waals surface area contributed by atoms with Gasteiger partial charge in [-0.2, -0.15) is 0 Å². The number of rotatable bonds is 3. The first-order chi connectivity index (χ1) is 9.65. The van der Waals surface area contributed by atoms with E-state index >= 15 is 0 Å². The third-order valence-electron chi connectivity index (χ3n) is 4.34. The maximum Gasteiger partial charge on any atom is 0.104 e. The highest BCUT2D eigenvalue weighted by Crippen LogP contribution is 2.37. The predicted molar refractivity (Wildman–Crippen MR) is 86.0 cm³/mol. The largest absolute Gasteiger partial charge is 0.384 e. The number of halogens is 1. The van der Waals surface area contributed by atoms with Crippen molar-refractivity contribution in [2.45, 2.75) is 38.2 Å².